The average Bonchev–Trinajstić information content (AvgIpc) is 2.36. The van der Waals surface area contributed by atoms with Crippen LogP contribution < -0.4 is 0 Å². The first-order chi connectivity index (χ1) is 8.93. The van der Waals surface area contributed by atoms with Crippen molar-refractivity contribution >= 4 is 11.9 Å². The highest BCUT2D eigenvalue weighted by atomic mass is 19.2. The maximum Gasteiger partial charge on any atom is 0.335 e. The summed E-state index contributed by atoms with van der Waals surface area (Å²) in [5.41, 5.74) is -0.219. The van der Waals surface area contributed by atoms with Gasteiger partial charge < -0.3 is 14.7 Å². The second kappa shape index (κ2) is 4.93. The van der Waals surface area contributed by atoms with Gasteiger partial charge in [0.1, 0.15) is 6.61 Å². The van der Waals surface area contributed by atoms with Crippen LogP contribution in [0.1, 0.15) is 11.6 Å². The minimum atomic E-state index is -1.43. The fraction of sp³-hybridized carbons (Fsp3) is 0.333. The van der Waals surface area contributed by atoms with Gasteiger partial charge in [-0.25, -0.2) is 13.6 Å². The molecule has 1 aliphatic rings. The molecule has 1 aromatic carbocycles. The monoisotopic (exact) mass is 271 g/mol. The summed E-state index contributed by atoms with van der Waals surface area (Å²) in [4.78, 5) is 23.7. The summed E-state index contributed by atoms with van der Waals surface area (Å²) in [5, 5.41) is 9.06. The van der Waals surface area contributed by atoms with E-state index in [4.69, 9.17) is 9.84 Å². The van der Waals surface area contributed by atoms with Crippen LogP contribution in [-0.4, -0.2) is 41.6 Å². The van der Waals surface area contributed by atoms with Crippen LogP contribution in [-0.2, 0) is 14.3 Å². The molecule has 0 spiro atoms. The molecule has 0 saturated carbocycles. The van der Waals surface area contributed by atoms with E-state index in [1.807, 2.05) is 0 Å². The maximum absolute atomic E-state index is 13.8. The van der Waals surface area contributed by atoms with Crippen LogP contribution in [0.5, 0.6) is 0 Å². The molecule has 2 atom stereocenters. The van der Waals surface area contributed by atoms with Crippen LogP contribution in [0.3, 0.4) is 0 Å². The molecule has 1 saturated heterocycles. The van der Waals surface area contributed by atoms with Gasteiger partial charge in [-0.05, 0) is 6.07 Å². The van der Waals surface area contributed by atoms with Gasteiger partial charge in [-0.15, -0.1) is 0 Å². The SMILES string of the molecule is CN1C(=O)COC(C(=O)O)C1c1cccc(F)c1F. The number of halogens is 2. The lowest BCUT2D eigenvalue weighted by Crippen LogP contribution is -2.50. The average molecular weight is 271 g/mol. The number of hydrogen-bond donors (Lipinski definition) is 1. The molecular weight excluding hydrogens is 260 g/mol. The van der Waals surface area contributed by atoms with Crippen LogP contribution >= 0.6 is 0 Å². The van der Waals surface area contributed by atoms with Gasteiger partial charge in [0.25, 0.3) is 0 Å². The quantitative estimate of drug-likeness (QED) is 0.869. The first kappa shape index (κ1) is 13.4. The predicted molar refractivity (Wildman–Crippen MR) is 59.2 cm³/mol. The molecule has 2 unspecified atom stereocenters. The number of nitrogens with zero attached hydrogens (tertiary/aromatic N) is 1. The van der Waals surface area contributed by atoms with Gasteiger partial charge >= 0.3 is 5.97 Å². The zero-order valence-electron chi connectivity index (χ0n) is 9.97. The highest BCUT2D eigenvalue weighted by molar-refractivity contribution is 5.82. The lowest BCUT2D eigenvalue weighted by atomic mass is 9.97. The summed E-state index contributed by atoms with van der Waals surface area (Å²) in [5.74, 6) is -4.11. The van der Waals surface area contributed by atoms with Crippen LogP contribution in [0.2, 0.25) is 0 Å². The number of hydrogen-bond acceptors (Lipinski definition) is 3. The summed E-state index contributed by atoms with van der Waals surface area (Å²) in [6.07, 6.45) is -1.43. The number of morpholine rings is 1. The molecule has 2 rings (SSSR count). The zero-order chi connectivity index (χ0) is 14.2. The van der Waals surface area contributed by atoms with E-state index in [0.717, 1.165) is 11.0 Å². The fourth-order valence-corrected chi connectivity index (χ4v) is 2.04. The molecule has 1 N–H and O–H groups in total. The number of carboxylic acid groups (broad SMARTS) is 1. The van der Waals surface area contributed by atoms with Crippen molar-refractivity contribution in [1.29, 1.82) is 0 Å². The van der Waals surface area contributed by atoms with Gasteiger partial charge in [0.2, 0.25) is 5.91 Å². The zero-order valence-corrected chi connectivity index (χ0v) is 9.97. The van der Waals surface area contributed by atoms with Crippen molar-refractivity contribution in [2.75, 3.05) is 13.7 Å². The van der Waals surface area contributed by atoms with Gasteiger partial charge in [0.05, 0.1) is 6.04 Å². The Morgan fingerprint density at radius 3 is 2.79 bits per heavy atom. The van der Waals surface area contributed by atoms with Crippen molar-refractivity contribution in [3.63, 3.8) is 0 Å². The third-order valence-corrected chi connectivity index (χ3v) is 3.03. The van der Waals surface area contributed by atoms with Crippen molar-refractivity contribution in [3.8, 4) is 0 Å². The van der Waals surface area contributed by atoms with Crippen LogP contribution in [0.15, 0.2) is 18.2 Å². The smallest absolute Gasteiger partial charge is 0.335 e. The minimum absolute atomic E-state index is 0.219. The number of benzene rings is 1. The highest BCUT2D eigenvalue weighted by Gasteiger charge is 2.41. The molecule has 7 heteroatoms. The summed E-state index contributed by atoms with van der Waals surface area (Å²) >= 11 is 0. The second-order valence-electron chi connectivity index (χ2n) is 4.16. The summed E-state index contributed by atoms with van der Waals surface area (Å²) < 4.78 is 31.9. The largest absolute Gasteiger partial charge is 0.479 e. The third-order valence-electron chi connectivity index (χ3n) is 3.03. The molecule has 5 nitrogen and oxygen atoms in total. The number of amides is 1. The van der Waals surface area contributed by atoms with Crippen molar-refractivity contribution in [2.45, 2.75) is 12.1 Å². The van der Waals surface area contributed by atoms with E-state index in [-0.39, 0.29) is 5.56 Å². The van der Waals surface area contributed by atoms with Crippen molar-refractivity contribution in [1.82, 2.24) is 4.90 Å². The number of rotatable bonds is 2. The minimum Gasteiger partial charge on any atom is -0.479 e. The molecule has 1 fully saturated rings. The van der Waals surface area contributed by atoms with Crippen molar-refractivity contribution < 1.29 is 28.2 Å². The molecule has 0 bridgehead atoms. The molecule has 1 aromatic rings. The van der Waals surface area contributed by atoms with E-state index in [1.54, 1.807) is 0 Å². The van der Waals surface area contributed by atoms with E-state index in [2.05, 4.69) is 0 Å². The fourth-order valence-electron chi connectivity index (χ4n) is 2.04. The Morgan fingerprint density at radius 2 is 2.16 bits per heavy atom. The van der Waals surface area contributed by atoms with E-state index in [1.165, 1.54) is 19.2 Å². The van der Waals surface area contributed by atoms with Crippen LogP contribution in [0.4, 0.5) is 8.78 Å². The molecular formula is C12H11F2NO4. The molecule has 102 valence electrons. The number of aliphatic carboxylic acids is 1. The first-order valence-corrected chi connectivity index (χ1v) is 5.47. The summed E-state index contributed by atoms with van der Waals surface area (Å²) in [6.45, 7) is -0.402. The number of carbonyl (C=O) groups is 2. The summed E-state index contributed by atoms with van der Waals surface area (Å²) in [7, 11) is 1.33. The standard InChI is InChI=1S/C12H11F2NO4/c1-15-8(16)5-19-11(12(17)18)10(15)6-3-2-4-7(13)9(6)14/h2-4,10-11H,5H2,1H3,(H,17,18). The van der Waals surface area contributed by atoms with E-state index >= 15 is 0 Å². The topological polar surface area (TPSA) is 66.8 Å². The Balaban J connectivity index is 2.50. The van der Waals surface area contributed by atoms with Gasteiger partial charge in [0.15, 0.2) is 17.7 Å². The van der Waals surface area contributed by atoms with Gasteiger partial charge in [-0.1, -0.05) is 12.1 Å². The van der Waals surface area contributed by atoms with Gasteiger partial charge in [-0.3, -0.25) is 4.79 Å². The Morgan fingerprint density at radius 1 is 1.47 bits per heavy atom. The lowest BCUT2D eigenvalue weighted by molar-refractivity contribution is -0.171. The Bertz CT molecular complexity index is 534. The Hall–Kier alpha value is -2.02. The van der Waals surface area contributed by atoms with Crippen molar-refractivity contribution in [2.24, 2.45) is 0 Å². The highest BCUT2D eigenvalue weighted by Crippen LogP contribution is 2.31. The molecule has 19 heavy (non-hydrogen) atoms. The van der Waals surface area contributed by atoms with Gasteiger partial charge in [0, 0.05) is 12.6 Å². The lowest BCUT2D eigenvalue weighted by Gasteiger charge is -2.37. The van der Waals surface area contributed by atoms with Crippen LogP contribution in [0.25, 0.3) is 0 Å². The Labute approximate surface area is 107 Å². The predicted octanol–water partition coefficient (Wildman–Crippen LogP) is 0.948. The van der Waals surface area contributed by atoms with E-state index in [9.17, 15) is 18.4 Å². The number of carboxylic acids is 1. The molecule has 1 amide bonds. The molecule has 1 aliphatic heterocycles. The number of carbonyl (C=O) groups excluding carboxylic acids is 1. The number of likely N-dealkylation sites (N-methyl/N-ethyl adjacent to an activating group) is 1. The Kier molecular flexibility index (Phi) is 3.48. The van der Waals surface area contributed by atoms with E-state index in [0.29, 0.717) is 0 Å². The maximum atomic E-state index is 13.8. The first-order valence-electron chi connectivity index (χ1n) is 5.47. The number of ether oxygens (including phenoxy) is 1. The molecule has 1 heterocycles. The second-order valence-corrected chi connectivity index (χ2v) is 4.16. The van der Waals surface area contributed by atoms with E-state index < -0.39 is 42.3 Å². The molecule has 0 aromatic heterocycles. The third kappa shape index (κ3) is 2.28. The van der Waals surface area contributed by atoms with Crippen molar-refractivity contribution in [3.05, 3.63) is 35.4 Å². The summed E-state index contributed by atoms with van der Waals surface area (Å²) in [6, 6.07) is 2.20. The van der Waals surface area contributed by atoms with Gasteiger partial charge in [-0.2, -0.15) is 0 Å². The molecule has 0 radical (unpaired) electrons. The molecule has 0 aliphatic carbocycles. The van der Waals surface area contributed by atoms with Crippen LogP contribution in [0, 0.1) is 11.6 Å². The normalized spacial score (nSPS) is 23.5.